The van der Waals surface area contributed by atoms with E-state index in [-0.39, 0.29) is 18.4 Å². The molecule has 4 aromatic rings. The Morgan fingerprint density at radius 1 is 0.972 bits per heavy atom. The fourth-order valence-electron chi connectivity index (χ4n) is 4.12. The first kappa shape index (κ1) is 24.7. The monoisotopic (exact) mass is 483 g/mol. The van der Waals surface area contributed by atoms with Crippen LogP contribution in [0.1, 0.15) is 34.1 Å². The third kappa shape index (κ3) is 5.81. The van der Waals surface area contributed by atoms with Gasteiger partial charge in [0, 0.05) is 34.9 Å². The highest BCUT2D eigenvalue weighted by molar-refractivity contribution is 6.04. The predicted octanol–water partition coefficient (Wildman–Crippen LogP) is 5.27. The Morgan fingerprint density at radius 3 is 2.50 bits per heavy atom. The van der Waals surface area contributed by atoms with Crippen LogP contribution < -0.4 is 10.1 Å². The molecule has 36 heavy (non-hydrogen) atoms. The number of hydrogen-bond acceptors (Lipinski definition) is 5. The van der Waals surface area contributed by atoms with Crippen LogP contribution in [0.3, 0.4) is 0 Å². The van der Waals surface area contributed by atoms with Crippen molar-refractivity contribution in [2.45, 2.75) is 26.8 Å². The number of aryl methyl sites for hydroxylation is 1. The van der Waals surface area contributed by atoms with Crippen LogP contribution in [0.4, 0.5) is 5.69 Å². The minimum Gasteiger partial charge on any atom is -0.497 e. The van der Waals surface area contributed by atoms with Gasteiger partial charge in [-0.2, -0.15) is 5.10 Å². The van der Waals surface area contributed by atoms with Gasteiger partial charge in [0.05, 0.1) is 25.1 Å². The lowest BCUT2D eigenvalue weighted by atomic mass is 9.98. The number of esters is 1. The van der Waals surface area contributed by atoms with Crippen LogP contribution in [0.5, 0.6) is 5.75 Å². The zero-order valence-electron chi connectivity index (χ0n) is 20.7. The van der Waals surface area contributed by atoms with Crippen molar-refractivity contribution in [2.24, 2.45) is 0 Å². The summed E-state index contributed by atoms with van der Waals surface area (Å²) in [5, 5.41) is 7.58. The van der Waals surface area contributed by atoms with E-state index in [1.54, 1.807) is 30.8 Å². The van der Waals surface area contributed by atoms with Gasteiger partial charge in [-0.25, -0.2) is 0 Å². The van der Waals surface area contributed by atoms with Gasteiger partial charge in [0.15, 0.2) is 0 Å². The van der Waals surface area contributed by atoms with E-state index in [1.807, 2.05) is 73.7 Å². The van der Waals surface area contributed by atoms with Crippen molar-refractivity contribution in [3.05, 3.63) is 101 Å². The summed E-state index contributed by atoms with van der Waals surface area (Å²) in [4.78, 5) is 25.2. The van der Waals surface area contributed by atoms with Crippen LogP contribution in [0.25, 0.3) is 11.3 Å². The molecule has 0 saturated carbocycles. The fourth-order valence-corrected chi connectivity index (χ4v) is 4.12. The van der Waals surface area contributed by atoms with E-state index in [0.717, 1.165) is 28.1 Å². The first-order valence-electron chi connectivity index (χ1n) is 11.8. The van der Waals surface area contributed by atoms with Crippen molar-refractivity contribution in [2.75, 3.05) is 19.0 Å². The summed E-state index contributed by atoms with van der Waals surface area (Å²) in [5.74, 6) is 0.133. The van der Waals surface area contributed by atoms with E-state index >= 15 is 0 Å². The highest BCUT2D eigenvalue weighted by atomic mass is 16.5. The number of methoxy groups -OCH3 is 1. The number of hydrogen-bond donors (Lipinski definition) is 1. The average Bonchev–Trinajstić information content (AvgIpc) is 3.18. The number of anilines is 1. The SMILES string of the molecule is CCOC(=O)Cn1nc(C)c(Cc2cccc(C(=O)Nc3cccc(OC)c3)c2)c1-c1ccccc1. The summed E-state index contributed by atoms with van der Waals surface area (Å²) in [6, 6.07) is 24.6. The summed E-state index contributed by atoms with van der Waals surface area (Å²) in [7, 11) is 1.59. The van der Waals surface area contributed by atoms with Gasteiger partial charge >= 0.3 is 5.97 Å². The lowest BCUT2D eigenvalue weighted by Gasteiger charge is -2.11. The molecule has 1 amide bonds. The number of rotatable bonds is 9. The van der Waals surface area contributed by atoms with E-state index in [1.165, 1.54) is 0 Å². The van der Waals surface area contributed by atoms with Crippen LogP contribution in [-0.4, -0.2) is 35.4 Å². The van der Waals surface area contributed by atoms with Gasteiger partial charge in [-0.15, -0.1) is 0 Å². The molecule has 4 rings (SSSR count). The van der Waals surface area contributed by atoms with E-state index in [9.17, 15) is 9.59 Å². The van der Waals surface area contributed by atoms with Gasteiger partial charge in [-0.3, -0.25) is 14.3 Å². The minimum atomic E-state index is -0.333. The Morgan fingerprint density at radius 2 is 1.75 bits per heavy atom. The molecule has 1 heterocycles. The quantitative estimate of drug-likeness (QED) is 0.328. The van der Waals surface area contributed by atoms with Gasteiger partial charge in [-0.1, -0.05) is 48.5 Å². The Hall–Kier alpha value is -4.39. The van der Waals surface area contributed by atoms with Crippen molar-refractivity contribution in [3.63, 3.8) is 0 Å². The predicted molar refractivity (Wildman–Crippen MR) is 139 cm³/mol. The Kier molecular flexibility index (Phi) is 7.80. The van der Waals surface area contributed by atoms with Crippen LogP contribution >= 0.6 is 0 Å². The highest BCUT2D eigenvalue weighted by Crippen LogP contribution is 2.29. The number of nitrogens with one attached hydrogen (secondary N) is 1. The number of ether oxygens (including phenoxy) is 2. The van der Waals surface area contributed by atoms with Crippen molar-refractivity contribution in [1.29, 1.82) is 0 Å². The van der Waals surface area contributed by atoms with E-state index < -0.39 is 0 Å². The molecule has 0 aliphatic heterocycles. The second-order valence-electron chi connectivity index (χ2n) is 8.30. The highest BCUT2D eigenvalue weighted by Gasteiger charge is 2.20. The molecular formula is C29H29N3O4. The van der Waals surface area contributed by atoms with Gasteiger partial charge in [0.1, 0.15) is 12.3 Å². The van der Waals surface area contributed by atoms with Gasteiger partial charge in [0.2, 0.25) is 0 Å². The number of nitrogens with zero attached hydrogens (tertiary/aromatic N) is 2. The number of carbonyl (C=O) groups is 2. The minimum absolute atomic E-state index is 0.0297. The zero-order valence-corrected chi connectivity index (χ0v) is 20.7. The molecule has 0 bridgehead atoms. The van der Waals surface area contributed by atoms with Crippen LogP contribution in [-0.2, 0) is 22.5 Å². The Balaban J connectivity index is 1.63. The topological polar surface area (TPSA) is 82.5 Å². The third-order valence-corrected chi connectivity index (χ3v) is 5.78. The second kappa shape index (κ2) is 11.4. The van der Waals surface area contributed by atoms with Gasteiger partial charge < -0.3 is 14.8 Å². The van der Waals surface area contributed by atoms with Gasteiger partial charge in [0.25, 0.3) is 5.91 Å². The standard InChI is InChI=1S/C29H29N3O4/c1-4-36-27(33)19-32-28(22-11-6-5-7-12-22)26(20(2)31-32)17-21-10-8-13-23(16-21)29(34)30-24-14-9-15-25(18-24)35-3/h5-16,18H,4,17,19H2,1-3H3,(H,30,34). The lowest BCUT2D eigenvalue weighted by molar-refractivity contribution is -0.144. The molecule has 7 nitrogen and oxygen atoms in total. The molecule has 1 N–H and O–H groups in total. The summed E-state index contributed by atoms with van der Waals surface area (Å²) < 4.78 is 12.1. The maximum absolute atomic E-state index is 12.9. The number of carbonyl (C=O) groups excluding carboxylic acids is 2. The summed E-state index contributed by atoms with van der Waals surface area (Å²) in [6.07, 6.45) is 0.555. The number of aromatic nitrogens is 2. The molecule has 1 aromatic heterocycles. The fraction of sp³-hybridized carbons (Fsp3) is 0.207. The summed E-state index contributed by atoms with van der Waals surface area (Å²) >= 11 is 0. The third-order valence-electron chi connectivity index (χ3n) is 5.78. The second-order valence-corrected chi connectivity index (χ2v) is 8.30. The zero-order chi connectivity index (χ0) is 25.5. The van der Waals surface area contributed by atoms with Crippen molar-refractivity contribution in [1.82, 2.24) is 9.78 Å². The molecule has 3 aromatic carbocycles. The van der Waals surface area contributed by atoms with E-state index in [2.05, 4.69) is 10.4 Å². The molecule has 0 radical (unpaired) electrons. The van der Waals surface area contributed by atoms with Crippen molar-refractivity contribution in [3.8, 4) is 17.0 Å². The lowest BCUT2D eigenvalue weighted by Crippen LogP contribution is -2.15. The maximum Gasteiger partial charge on any atom is 0.327 e. The van der Waals surface area contributed by atoms with Crippen molar-refractivity contribution >= 4 is 17.6 Å². The average molecular weight is 484 g/mol. The molecule has 0 unspecified atom stereocenters. The summed E-state index contributed by atoms with van der Waals surface area (Å²) in [6.45, 7) is 4.06. The molecule has 7 heteroatoms. The normalized spacial score (nSPS) is 10.6. The van der Waals surface area contributed by atoms with Crippen LogP contribution in [0.15, 0.2) is 78.9 Å². The molecular weight excluding hydrogens is 454 g/mol. The maximum atomic E-state index is 12.9. The first-order chi connectivity index (χ1) is 17.5. The van der Waals surface area contributed by atoms with E-state index in [0.29, 0.717) is 30.0 Å². The molecule has 0 aliphatic carbocycles. The Labute approximate surface area is 210 Å². The molecule has 0 saturated heterocycles. The van der Waals surface area contributed by atoms with Crippen molar-refractivity contribution < 1.29 is 19.1 Å². The van der Waals surface area contributed by atoms with E-state index in [4.69, 9.17) is 9.47 Å². The molecule has 0 fully saturated rings. The molecule has 0 aliphatic rings. The smallest absolute Gasteiger partial charge is 0.327 e. The number of amides is 1. The van der Waals surface area contributed by atoms with Crippen LogP contribution in [0, 0.1) is 6.92 Å². The molecule has 0 spiro atoms. The van der Waals surface area contributed by atoms with Gasteiger partial charge in [-0.05, 0) is 43.7 Å². The summed E-state index contributed by atoms with van der Waals surface area (Å²) in [5.41, 5.74) is 5.82. The van der Waals surface area contributed by atoms with Crippen LogP contribution in [0.2, 0.25) is 0 Å². The molecule has 184 valence electrons. The number of benzene rings is 3. The Bertz CT molecular complexity index is 1360. The largest absolute Gasteiger partial charge is 0.497 e. The first-order valence-corrected chi connectivity index (χ1v) is 11.8. The molecule has 0 atom stereocenters.